The van der Waals surface area contributed by atoms with Crippen LogP contribution in [0.15, 0.2) is 102 Å². The van der Waals surface area contributed by atoms with E-state index in [2.05, 4.69) is 16.0 Å². The fourth-order valence-electron chi connectivity index (χ4n) is 4.12. The molecule has 0 radical (unpaired) electrons. The van der Waals surface area contributed by atoms with Gasteiger partial charge in [0.1, 0.15) is 5.70 Å². The second-order valence-electron chi connectivity index (χ2n) is 9.68. The molecule has 0 saturated heterocycles. The van der Waals surface area contributed by atoms with Crippen LogP contribution in [0.25, 0.3) is 6.08 Å². The third kappa shape index (κ3) is 8.65. The first-order valence-corrected chi connectivity index (χ1v) is 14.9. The highest BCUT2D eigenvalue weighted by atomic mass is 35.5. The number of ether oxygens (including phenoxy) is 2. The lowest BCUT2D eigenvalue weighted by Crippen LogP contribution is -2.30. The van der Waals surface area contributed by atoms with Crippen molar-refractivity contribution in [2.45, 2.75) is 24.0 Å². The first-order valence-electron chi connectivity index (χ1n) is 13.6. The first-order chi connectivity index (χ1) is 21.2. The maximum atomic E-state index is 13.5. The maximum absolute atomic E-state index is 13.5. The van der Waals surface area contributed by atoms with Gasteiger partial charge in [-0.15, -0.1) is 11.8 Å². The van der Waals surface area contributed by atoms with Crippen LogP contribution in [0.5, 0.6) is 11.5 Å². The van der Waals surface area contributed by atoms with Gasteiger partial charge in [-0.2, -0.15) is 0 Å². The molecule has 0 heterocycles. The van der Waals surface area contributed by atoms with E-state index in [1.54, 1.807) is 91.9 Å². The van der Waals surface area contributed by atoms with Crippen LogP contribution in [0, 0.1) is 6.92 Å². The average Bonchev–Trinajstić information content (AvgIpc) is 3.02. The molecule has 0 saturated carbocycles. The normalized spacial score (nSPS) is 11.7. The molecule has 0 aliphatic heterocycles. The third-order valence-corrected chi connectivity index (χ3v) is 7.81. The van der Waals surface area contributed by atoms with Crippen LogP contribution in [0.4, 0.5) is 11.4 Å². The predicted molar refractivity (Wildman–Crippen MR) is 177 cm³/mol. The molecule has 44 heavy (non-hydrogen) atoms. The second-order valence-corrected chi connectivity index (χ2v) is 11.5. The summed E-state index contributed by atoms with van der Waals surface area (Å²) < 4.78 is 10.7. The molecule has 0 spiro atoms. The van der Waals surface area contributed by atoms with E-state index in [9.17, 15) is 14.4 Å². The van der Waals surface area contributed by atoms with E-state index in [1.807, 2.05) is 19.1 Å². The summed E-state index contributed by atoms with van der Waals surface area (Å²) in [4.78, 5) is 40.2. The van der Waals surface area contributed by atoms with Crippen molar-refractivity contribution in [3.63, 3.8) is 0 Å². The Labute approximate surface area is 265 Å². The summed E-state index contributed by atoms with van der Waals surface area (Å²) in [6.07, 6.45) is 1.56. The largest absolute Gasteiger partial charge is 0.493 e. The summed E-state index contributed by atoms with van der Waals surface area (Å²) in [5.41, 5.74) is 3.08. The lowest BCUT2D eigenvalue weighted by atomic mass is 10.1. The van der Waals surface area contributed by atoms with Gasteiger partial charge in [0.2, 0.25) is 5.91 Å². The standard InChI is InChI=1S/C34H32ClN3O5S/c1-21-13-15-25(35)19-28(21)37-32(39)22(2)44-27-12-8-11-26(20-27)36-34(41)29(38-33(40)24-9-6-5-7-10-24)17-23-14-16-30(42-3)31(18-23)43-4/h5-20,22H,1-4H3,(H,36,41)(H,37,39)(H,38,40)/b29-17+. The SMILES string of the molecule is COc1ccc(/C=C(/NC(=O)c2ccccc2)C(=O)Nc2cccc(SC(C)C(=O)Nc3cc(Cl)ccc3C)c2)cc1OC. The molecule has 226 valence electrons. The Hall–Kier alpha value is -4.73. The van der Waals surface area contributed by atoms with E-state index in [0.717, 1.165) is 10.5 Å². The Morgan fingerprint density at radius 2 is 1.59 bits per heavy atom. The molecular formula is C34H32ClN3O5S. The molecule has 0 aromatic heterocycles. The third-order valence-electron chi connectivity index (χ3n) is 6.48. The van der Waals surface area contributed by atoms with Crippen LogP contribution < -0.4 is 25.4 Å². The molecule has 0 aliphatic rings. The van der Waals surface area contributed by atoms with Crippen LogP contribution in [0.3, 0.4) is 0 Å². The number of amides is 3. The topological polar surface area (TPSA) is 106 Å². The van der Waals surface area contributed by atoms with Gasteiger partial charge in [-0.25, -0.2) is 0 Å². The number of carbonyl (C=O) groups excluding carboxylic acids is 3. The number of hydrogen-bond donors (Lipinski definition) is 3. The van der Waals surface area contributed by atoms with Gasteiger partial charge in [-0.05, 0) is 85.6 Å². The van der Waals surface area contributed by atoms with E-state index >= 15 is 0 Å². The molecule has 0 aliphatic carbocycles. The van der Waals surface area contributed by atoms with Gasteiger partial charge in [-0.1, -0.05) is 48.0 Å². The zero-order valence-electron chi connectivity index (χ0n) is 24.6. The van der Waals surface area contributed by atoms with Gasteiger partial charge < -0.3 is 25.4 Å². The molecule has 0 bridgehead atoms. The smallest absolute Gasteiger partial charge is 0.272 e. The van der Waals surface area contributed by atoms with Crippen LogP contribution >= 0.6 is 23.4 Å². The number of halogens is 1. The Bertz CT molecular complexity index is 1690. The van der Waals surface area contributed by atoms with Crippen LogP contribution in [0.1, 0.15) is 28.4 Å². The number of anilines is 2. The van der Waals surface area contributed by atoms with Gasteiger partial charge >= 0.3 is 0 Å². The van der Waals surface area contributed by atoms with E-state index < -0.39 is 17.1 Å². The number of carbonyl (C=O) groups is 3. The second kappa shape index (κ2) is 15.1. The monoisotopic (exact) mass is 629 g/mol. The Kier molecular flexibility index (Phi) is 11.1. The first kappa shape index (κ1) is 32.2. The highest BCUT2D eigenvalue weighted by Gasteiger charge is 2.18. The average molecular weight is 630 g/mol. The lowest BCUT2D eigenvalue weighted by Gasteiger charge is -2.15. The molecule has 0 fully saturated rings. The Morgan fingerprint density at radius 3 is 2.32 bits per heavy atom. The minimum absolute atomic E-state index is 0.0220. The van der Waals surface area contributed by atoms with Crippen molar-refractivity contribution in [1.29, 1.82) is 0 Å². The van der Waals surface area contributed by atoms with E-state index in [0.29, 0.717) is 39.0 Å². The summed E-state index contributed by atoms with van der Waals surface area (Å²) in [6, 6.07) is 26.2. The van der Waals surface area contributed by atoms with E-state index in [4.69, 9.17) is 21.1 Å². The zero-order valence-corrected chi connectivity index (χ0v) is 26.2. The number of aryl methyl sites for hydroxylation is 1. The molecule has 8 nitrogen and oxygen atoms in total. The highest BCUT2D eigenvalue weighted by Crippen LogP contribution is 2.30. The van der Waals surface area contributed by atoms with Gasteiger partial charge in [0.15, 0.2) is 11.5 Å². The molecule has 1 unspecified atom stereocenters. The molecule has 10 heteroatoms. The summed E-state index contributed by atoms with van der Waals surface area (Å²) in [5.74, 6) is -0.147. The van der Waals surface area contributed by atoms with E-state index in [1.165, 1.54) is 26.0 Å². The number of rotatable bonds is 11. The van der Waals surface area contributed by atoms with Crippen molar-refractivity contribution >= 4 is 58.5 Å². The maximum Gasteiger partial charge on any atom is 0.272 e. The molecule has 4 rings (SSSR count). The molecule has 4 aromatic rings. The fourth-order valence-corrected chi connectivity index (χ4v) is 5.22. The minimum atomic E-state index is -0.534. The van der Waals surface area contributed by atoms with Crippen LogP contribution in [0.2, 0.25) is 5.02 Å². The molecule has 4 aromatic carbocycles. The summed E-state index contributed by atoms with van der Waals surface area (Å²) in [6.45, 7) is 3.69. The molecule has 3 N–H and O–H groups in total. The van der Waals surface area contributed by atoms with Crippen molar-refractivity contribution < 1.29 is 23.9 Å². The van der Waals surface area contributed by atoms with Crippen molar-refractivity contribution in [3.05, 3.63) is 118 Å². The van der Waals surface area contributed by atoms with Gasteiger partial charge in [0.05, 0.1) is 19.5 Å². The van der Waals surface area contributed by atoms with Gasteiger partial charge in [0.25, 0.3) is 11.8 Å². The van der Waals surface area contributed by atoms with E-state index in [-0.39, 0.29) is 11.6 Å². The van der Waals surface area contributed by atoms with Crippen molar-refractivity contribution in [2.75, 3.05) is 24.9 Å². The number of nitrogens with one attached hydrogen (secondary N) is 3. The van der Waals surface area contributed by atoms with Crippen molar-refractivity contribution in [3.8, 4) is 11.5 Å². The molecule has 1 atom stereocenters. The number of benzene rings is 4. The van der Waals surface area contributed by atoms with Gasteiger partial charge in [0, 0.05) is 26.9 Å². The Morgan fingerprint density at radius 1 is 0.841 bits per heavy atom. The number of methoxy groups -OCH3 is 2. The quantitative estimate of drug-likeness (QED) is 0.120. The van der Waals surface area contributed by atoms with Crippen molar-refractivity contribution in [2.24, 2.45) is 0 Å². The van der Waals surface area contributed by atoms with Crippen LogP contribution in [-0.4, -0.2) is 37.2 Å². The minimum Gasteiger partial charge on any atom is -0.493 e. The fraction of sp³-hybridized carbons (Fsp3) is 0.147. The number of thioether (sulfide) groups is 1. The van der Waals surface area contributed by atoms with Gasteiger partial charge in [-0.3, -0.25) is 14.4 Å². The Balaban J connectivity index is 1.52. The van der Waals surface area contributed by atoms with Crippen LogP contribution in [-0.2, 0) is 9.59 Å². The van der Waals surface area contributed by atoms with Crippen molar-refractivity contribution in [1.82, 2.24) is 5.32 Å². The lowest BCUT2D eigenvalue weighted by molar-refractivity contribution is -0.115. The summed E-state index contributed by atoms with van der Waals surface area (Å²) in [5, 5.41) is 8.61. The summed E-state index contributed by atoms with van der Waals surface area (Å²) >= 11 is 7.43. The molecular weight excluding hydrogens is 598 g/mol. The summed E-state index contributed by atoms with van der Waals surface area (Å²) in [7, 11) is 3.05. The number of hydrogen-bond acceptors (Lipinski definition) is 6. The predicted octanol–water partition coefficient (Wildman–Crippen LogP) is 7.19. The molecule has 3 amide bonds. The zero-order chi connectivity index (χ0) is 31.6. The highest BCUT2D eigenvalue weighted by molar-refractivity contribution is 8.00.